The number of Topliss-reactive ketones (excluding diaryl/α,β-unsaturated/α-hetero) is 2. The molecule has 14 atom stereocenters. The molecule has 0 aromatic rings. The van der Waals surface area contributed by atoms with Gasteiger partial charge in [-0.1, -0.05) is 51.5 Å². The number of rotatable bonds is 9. The van der Waals surface area contributed by atoms with Crippen molar-refractivity contribution in [2.75, 3.05) is 34.4 Å². The van der Waals surface area contributed by atoms with Crippen LogP contribution in [0.5, 0.6) is 0 Å². The van der Waals surface area contributed by atoms with Crippen molar-refractivity contribution in [2.45, 2.75) is 167 Å². The second-order valence-electron chi connectivity index (χ2n) is 17.8. The third kappa shape index (κ3) is 11.8. The zero-order valence-electron chi connectivity index (χ0n) is 37.2. The van der Waals surface area contributed by atoms with Gasteiger partial charge in [0.2, 0.25) is 0 Å². The highest BCUT2D eigenvalue weighted by Crippen LogP contribution is 2.39. The van der Waals surface area contributed by atoms with Crippen LogP contribution in [0.3, 0.4) is 0 Å². The molecule has 4 rings (SSSR count). The normalized spacial score (nSPS) is 40.0. The molecule has 2 saturated heterocycles. The average Bonchev–Trinajstić information content (AvgIpc) is 3.21. The van der Waals surface area contributed by atoms with E-state index in [1.165, 1.54) is 4.90 Å². The first-order valence-corrected chi connectivity index (χ1v) is 22.0. The van der Waals surface area contributed by atoms with Crippen molar-refractivity contribution >= 4 is 23.4 Å². The lowest BCUT2D eigenvalue weighted by molar-refractivity contribution is -0.243. The van der Waals surface area contributed by atoms with Gasteiger partial charge >= 0.3 is 5.97 Å². The fourth-order valence-corrected chi connectivity index (χ4v) is 10.0. The topological polar surface area (TPSA) is 170 Å². The van der Waals surface area contributed by atoms with Crippen molar-refractivity contribution in [3.8, 4) is 0 Å². The van der Waals surface area contributed by atoms with Crippen LogP contribution in [0.25, 0.3) is 0 Å². The number of amides is 1. The number of fused-ring (bicyclic) bond motifs is 3. The summed E-state index contributed by atoms with van der Waals surface area (Å²) in [6.07, 6.45) is 6.17. The molecule has 4 aliphatic rings. The highest BCUT2D eigenvalue weighted by molar-refractivity contribution is 6.39. The minimum absolute atomic E-state index is 0.00926. The number of methoxy groups -OCH3 is 3. The average molecular weight is 831 g/mol. The van der Waals surface area contributed by atoms with Crippen LogP contribution < -0.4 is 5.32 Å². The predicted octanol–water partition coefficient (Wildman–Crippen LogP) is 5.26. The monoisotopic (exact) mass is 831 g/mol. The van der Waals surface area contributed by atoms with E-state index in [9.17, 15) is 29.4 Å². The fourth-order valence-electron chi connectivity index (χ4n) is 10.0. The number of aliphatic hydroxyl groups is 2. The quantitative estimate of drug-likeness (QED) is 0.157. The summed E-state index contributed by atoms with van der Waals surface area (Å²) in [6.45, 7) is 15.8. The Morgan fingerprint density at radius 3 is 2.27 bits per heavy atom. The van der Waals surface area contributed by atoms with Gasteiger partial charge < -0.3 is 38.8 Å². The van der Waals surface area contributed by atoms with E-state index in [1.807, 2.05) is 39.8 Å². The van der Waals surface area contributed by atoms with Crippen molar-refractivity contribution in [1.29, 1.82) is 0 Å². The van der Waals surface area contributed by atoms with Gasteiger partial charge in [0, 0.05) is 52.0 Å². The number of ketones is 2. The minimum atomic E-state index is -1.71. The van der Waals surface area contributed by atoms with Gasteiger partial charge in [0.1, 0.15) is 24.0 Å². The summed E-state index contributed by atoms with van der Waals surface area (Å²) in [4.78, 5) is 59.2. The number of ether oxygens (including phenoxy) is 5. The van der Waals surface area contributed by atoms with E-state index in [1.54, 1.807) is 34.3 Å². The summed E-state index contributed by atoms with van der Waals surface area (Å²) < 4.78 is 30.8. The van der Waals surface area contributed by atoms with Gasteiger partial charge in [0.25, 0.3) is 11.7 Å². The van der Waals surface area contributed by atoms with Crippen LogP contribution in [0.4, 0.5) is 0 Å². The van der Waals surface area contributed by atoms with Crippen molar-refractivity contribution in [3.05, 3.63) is 36.0 Å². The molecule has 334 valence electrons. The first-order valence-electron chi connectivity index (χ1n) is 22.0. The number of nitrogens with zero attached hydrogens (tertiary/aromatic N) is 1. The van der Waals surface area contributed by atoms with Crippen molar-refractivity contribution in [2.24, 2.45) is 29.6 Å². The molecule has 59 heavy (non-hydrogen) atoms. The van der Waals surface area contributed by atoms with Gasteiger partial charge in [0.15, 0.2) is 5.72 Å². The maximum atomic E-state index is 14.8. The summed E-state index contributed by atoms with van der Waals surface area (Å²) in [6, 6.07) is -1.06. The van der Waals surface area contributed by atoms with Gasteiger partial charge in [-0.2, -0.15) is 0 Å². The Morgan fingerprint density at radius 1 is 0.949 bits per heavy atom. The number of allylic oxidation sites excluding steroid dienone is 4. The number of likely N-dealkylation sites (N-methyl/N-ethyl adjacent to an activating group) is 1. The van der Waals surface area contributed by atoms with Gasteiger partial charge in [-0.05, 0) is 102 Å². The molecule has 0 radical (unpaired) electrons. The maximum Gasteiger partial charge on any atom is 0.329 e. The number of carbonyl (C=O) groups excluding carboxylic acids is 4. The molecular weight excluding hydrogens is 757 g/mol. The van der Waals surface area contributed by atoms with Gasteiger partial charge in [0.05, 0.1) is 30.5 Å². The van der Waals surface area contributed by atoms with E-state index < -0.39 is 83.8 Å². The van der Waals surface area contributed by atoms with E-state index in [0.717, 1.165) is 5.57 Å². The van der Waals surface area contributed by atoms with E-state index in [2.05, 4.69) is 18.8 Å². The molecule has 13 heteroatoms. The molecule has 3 N–H and O–H groups in total. The van der Waals surface area contributed by atoms with Crippen molar-refractivity contribution in [1.82, 2.24) is 10.2 Å². The third-order valence-electron chi connectivity index (χ3n) is 13.4. The third-order valence-corrected chi connectivity index (χ3v) is 13.4. The molecule has 1 amide bonds. The van der Waals surface area contributed by atoms with Crippen LogP contribution in [-0.4, -0.2) is 127 Å². The molecule has 0 aromatic heterocycles. The Bertz CT molecular complexity index is 1510. The lowest BCUT2D eigenvalue weighted by Crippen LogP contribution is -2.70. The number of hydrogen-bond donors (Lipinski definition) is 3. The van der Waals surface area contributed by atoms with E-state index in [0.29, 0.717) is 69.9 Å². The first-order chi connectivity index (χ1) is 28.0. The molecule has 1 saturated carbocycles. The second kappa shape index (κ2) is 22.4. The zero-order valence-corrected chi connectivity index (χ0v) is 37.2. The Balaban J connectivity index is 1.81. The lowest BCUT2D eigenvalue weighted by Gasteiger charge is -2.50. The molecular formula is C46H74N2O11. The SMILES string of the molecule is C=CC[C@@H]1/C=C(\C)C[C@H](C)C[C@H](OC)[C@H]2O[C@@](NCC)(C(=O)C(=O)N3CCCC[C@H]3C(=O)O[C@H](/C(C)=C/[C@@H]3CC[C@@H](O)[C@H](OC)C3)[C@H](C)[C@@H](O)CC1=O)[C@H](C)C[C@@H]2OC. The Hall–Kier alpha value is -2.78. The summed E-state index contributed by atoms with van der Waals surface area (Å²) in [5, 5.41) is 25.5. The van der Waals surface area contributed by atoms with E-state index >= 15 is 0 Å². The highest BCUT2D eigenvalue weighted by Gasteiger charge is 2.57. The fraction of sp³-hybridized carbons (Fsp3) is 0.783. The zero-order chi connectivity index (χ0) is 43.6. The minimum Gasteiger partial charge on any atom is -0.456 e. The summed E-state index contributed by atoms with van der Waals surface area (Å²) >= 11 is 0. The number of hydrogen-bond acceptors (Lipinski definition) is 12. The number of piperidine rings is 1. The van der Waals surface area contributed by atoms with Crippen LogP contribution >= 0.6 is 0 Å². The molecule has 3 fully saturated rings. The number of esters is 1. The number of aliphatic hydroxyl groups excluding tert-OH is 2. The largest absolute Gasteiger partial charge is 0.456 e. The van der Waals surface area contributed by atoms with Crippen LogP contribution in [0.2, 0.25) is 0 Å². The van der Waals surface area contributed by atoms with Crippen LogP contribution in [0, 0.1) is 29.6 Å². The van der Waals surface area contributed by atoms with Gasteiger partial charge in [-0.15, -0.1) is 6.58 Å². The summed E-state index contributed by atoms with van der Waals surface area (Å²) in [5.41, 5.74) is -0.0242. The molecule has 0 aromatic carbocycles. The molecule has 0 spiro atoms. The lowest BCUT2D eigenvalue weighted by atomic mass is 9.80. The van der Waals surface area contributed by atoms with Crippen molar-refractivity contribution in [3.63, 3.8) is 0 Å². The molecule has 3 aliphatic heterocycles. The highest BCUT2D eigenvalue weighted by atomic mass is 16.6. The van der Waals surface area contributed by atoms with Gasteiger partial charge in [-0.25, -0.2) is 4.79 Å². The summed E-state index contributed by atoms with van der Waals surface area (Å²) in [5.74, 6) is -4.07. The molecule has 3 heterocycles. The second-order valence-corrected chi connectivity index (χ2v) is 17.8. The molecule has 0 unspecified atom stereocenters. The van der Waals surface area contributed by atoms with Crippen LogP contribution in [0.1, 0.15) is 112 Å². The molecule has 2 bridgehead atoms. The van der Waals surface area contributed by atoms with Crippen molar-refractivity contribution < 1.29 is 53.1 Å². The van der Waals surface area contributed by atoms with Crippen LogP contribution in [0.15, 0.2) is 36.0 Å². The Morgan fingerprint density at radius 2 is 1.63 bits per heavy atom. The predicted molar refractivity (Wildman–Crippen MR) is 224 cm³/mol. The summed E-state index contributed by atoms with van der Waals surface area (Å²) in [7, 11) is 4.79. The number of nitrogens with one attached hydrogen (secondary N) is 1. The van der Waals surface area contributed by atoms with Crippen LogP contribution in [-0.2, 0) is 42.9 Å². The molecule has 1 aliphatic carbocycles. The van der Waals surface area contributed by atoms with Gasteiger partial charge in [-0.3, -0.25) is 19.7 Å². The Labute approximate surface area is 352 Å². The molecule has 13 nitrogen and oxygen atoms in total. The maximum absolute atomic E-state index is 14.8. The number of carbonyl (C=O) groups is 4. The smallest absolute Gasteiger partial charge is 0.329 e. The number of cyclic esters (lactones) is 1. The van der Waals surface area contributed by atoms with E-state index in [-0.39, 0.29) is 43.1 Å². The standard InChI is InChI=1S/C46H74N2O11/c1-11-15-33-21-27(3)20-28(4)22-39(56-9)42-40(57-10)24-30(6)46(59-42,47-12-2)43(52)44(53)48-19-14-13-16-34(48)45(54)58-41(31(7)36(50)26-37(33)51)29(5)23-32-17-18-35(49)38(25-32)55-8/h11,21,23,28,30-36,38-42,47,49-50H,1,12-20,22,24-26H2,2-10H3/b27-21+,29-23+/t28-,30+,31+,32-,33+,34-,35+,36-,38+,39-,40-,41+,42+,46+/m0/s1. The van der Waals surface area contributed by atoms with E-state index in [4.69, 9.17) is 23.7 Å². The Kier molecular flexibility index (Phi) is 18.5. The first kappa shape index (κ1) is 48.9.